The number of carbonyl (C=O) groups excluding carboxylic acids is 4. The van der Waals surface area contributed by atoms with Gasteiger partial charge in [-0.1, -0.05) is 32.4 Å². The van der Waals surface area contributed by atoms with Crippen molar-refractivity contribution in [1.82, 2.24) is 0 Å². The third-order valence-electron chi connectivity index (χ3n) is 18.6. The molecular weight excluding hydrogens is 1270 g/mol. The third-order valence-corrected chi connectivity index (χ3v) is 18.6. The number of rotatable bonds is 16. The van der Waals surface area contributed by atoms with Gasteiger partial charge in [-0.05, 0) is 162 Å². The molecule has 528 valence electrons. The summed E-state index contributed by atoms with van der Waals surface area (Å²) in [4.78, 5) is 84.4. The van der Waals surface area contributed by atoms with Crippen LogP contribution in [0.5, 0.6) is 28.7 Å². The Labute approximate surface area is 564 Å². The van der Waals surface area contributed by atoms with E-state index in [2.05, 4.69) is 0 Å². The number of ketones is 3. The van der Waals surface area contributed by atoms with E-state index < -0.39 is 119 Å². The Morgan fingerprint density at radius 1 is 0.541 bits per heavy atom. The molecule has 25 nitrogen and oxygen atoms in total. The maximum absolute atomic E-state index is 13.1. The van der Waals surface area contributed by atoms with Gasteiger partial charge in [0.2, 0.25) is 18.9 Å². The van der Waals surface area contributed by atoms with E-state index in [0.717, 1.165) is 5.57 Å². The van der Waals surface area contributed by atoms with Crippen molar-refractivity contribution in [3.63, 3.8) is 0 Å². The van der Waals surface area contributed by atoms with Crippen LogP contribution in [0.15, 0.2) is 112 Å². The smallest absolute Gasteiger partial charge is 0.404 e. The number of phenolic OH excluding ortho intramolecular Hbond substituents is 1. The summed E-state index contributed by atoms with van der Waals surface area (Å²) in [5, 5.41) is 74.8. The van der Waals surface area contributed by atoms with Crippen LogP contribution in [0.3, 0.4) is 0 Å². The molecule has 3 aliphatic heterocycles. The number of nitrogens with two attached hydrogens (primary N) is 1. The molecule has 3 fully saturated rings. The van der Waals surface area contributed by atoms with Gasteiger partial charge in [0.05, 0.1) is 40.0 Å². The van der Waals surface area contributed by atoms with Crippen molar-refractivity contribution >= 4 is 56.4 Å². The highest BCUT2D eigenvalue weighted by Crippen LogP contribution is 2.42. The Bertz CT molecular complexity index is 4380. The number of allylic oxidation sites excluding steroid dienone is 2. The summed E-state index contributed by atoms with van der Waals surface area (Å²) in [5.41, 5.74) is 4.74. The van der Waals surface area contributed by atoms with Gasteiger partial charge in [0.15, 0.2) is 11.9 Å². The van der Waals surface area contributed by atoms with Gasteiger partial charge in [-0.3, -0.25) is 14.4 Å². The van der Waals surface area contributed by atoms with Crippen molar-refractivity contribution in [2.75, 3.05) is 0 Å². The fraction of sp³-hybridized carbons (Fsp3) is 0.466. The molecule has 12 atom stereocenters. The van der Waals surface area contributed by atoms with Crippen LogP contribution in [0.4, 0.5) is 4.79 Å². The van der Waals surface area contributed by atoms with Crippen LogP contribution in [0.1, 0.15) is 134 Å². The number of benzene rings is 4. The van der Waals surface area contributed by atoms with Gasteiger partial charge < -0.3 is 87.9 Å². The van der Waals surface area contributed by atoms with E-state index in [1.165, 1.54) is 44.2 Å². The molecule has 0 aliphatic carbocycles. The van der Waals surface area contributed by atoms with Gasteiger partial charge in [-0.25, -0.2) is 19.2 Å². The highest BCUT2D eigenvalue weighted by molar-refractivity contribution is 5.99. The first kappa shape index (κ1) is 75.0. The molecule has 0 saturated carbocycles. The lowest BCUT2D eigenvalue weighted by Gasteiger charge is -2.47. The predicted octanol–water partition coefficient (Wildman–Crippen LogP) is 8.32. The van der Waals surface area contributed by atoms with Crippen molar-refractivity contribution in [3.8, 4) is 28.7 Å². The second-order valence-corrected chi connectivity index (χ2v) is 27.2. The van der Waals surface area contributed by atoms with Gasteiger partial charge in [0.25, 0.3) is 0 Å². The molecule has 0 spiro atoms. The Kier molecular flexibility index (Phi) is 22.8. The summed E-state index contributed by atoms with van der Waals surface area (Å²) in [5.74, 6) is -1.14. The maximum atomic E-state index is 13.1. The fourth-order valence-corrected chi connectivity index (χ4v) is 11.6. The standard InChI is InChI=1S/C32H37NO10.C21H26O7.C20H24O7/c1-15(2)7-8-18-13-19(9-11-22(18)34)23(35)14-21-25(36)20-10-12-24(16(3)27(20)41-29(21)38)40-30-26(37)28(42-31(33)39)17(4)32(5,6)43-30;1-10(22)8-14-9-13-6-7-15(11(2)18(13)27-19(14)25)26-20-17(24)16(23)12(3)21(4,5)28-20;1-10(21)7-13-8-12-5-6-14(9-15(12)26-18(13)24)25-19-17(23)16(22)11(2)20(3,4)27-19/h7,9-13,17,26,28,30,34,36-37H,8,14H2,1-6H3,(H2,33,39);6-7,9,12,16-17,20,23-24H,8H2,1-5H3;5-6,8-9,11,16-17,19,22-23H,7H2,1-4H3/t17?,26?,28-,30+;12?,16-,17?,20+;11?,16-,17?,19+/m000/s1. The number of amides is 1. The number of aryl methyl sites for hydroxylation is 2. The monoisotopic (exact) mass is 1360 g/mol. The molecule has 10 rings (SSSR count). The lowest BCUT2D eigenvalue weighted by molar-refractivity contribution is -0.285. The van der Waals surface area contributed by atoms with Crippen LogP contribution in [0.25, 0.3) is 32.9 Å². The Morgan fingerprint density at radius 2 is 1.03 bits per heavy atom. The summed E-state index contributed by atoms with van der Waals surface area (Å²) in [6, 6.07) is 18.9. The number of fused-ring (bicyclic) bond motifs is 3. The molecule has 25 heteroatoms. The summed E-state index contributed by atoms with van der Waals surface area (Å²) in [6.07, 6.45) is -9.31. The van der Waals surface area contributed by atoms with Crippen LogP contribution in [0.2, 0.25) is 0 Å². The van der Waals surface area contributed by atoms with Crippen molar-refractivity contribution in [2.45, 2.75) is 202 Å². The first-order valence-corrected chi connectivity index (χ1v) is 32.0. The quantitative estimate of drug-likeness (QED) is 0.0256. The van der Waals surface area contributed by atoms with Crippen molar-refractivity contribution in [2.24, 2.45) is 23.5 Å². The van der Waals surface area contributed by atoms with E-state index in [9.17, 15) is 69.3 Å². The molecule has 0 radical (unpaired) electrons. The highest BCUT2D eigenvalue weighted by atomic mass is 16.7. The molecule has 3 aromatic heterocycles. The largest absolute Gasteiger partial charge is 0.508 e. The molecular formula is C73H87NO24. The number of aliphatic hydroxyl groups excluding tert-OH is 5. The minimum atomic E-state index is -1.39. The van der Waals surface area contributed by atoms with E-state index in [1.54, 1.807) is 90.9 Å². The molecule has 3 saturated heterocycles. The van der Waals surface area contributed by atoms with E-state index in [0.29, 0.717) is 67.7 Å². The number of Topliss-reactive ketones (excluding diaryl/α,β-unsaturated/α-hetero) is 3. The van der Waals surface area contributed by atoms with Gasteiger partial charge in [0.1, 0.15) is 75.4 Å². The molecule has 7 aromatic rings. The molecule has 9 N–H and O–H groups in total. The summed E-state index contributed by atoms with van der Waals surface area (Å²) in [6.45, 7) is 26.2. The van der Waals surface area contributed by atoms with Crippen molar-refractivity contribution in [3.05, 3.63) is 155 Å². The minimum absolute atomic E-state index is 0.0167. The second kappa shape index (κ2) is 29.7. The lowest BCUT2D eigenvalue weighted by atomic mass is 9.82. The molecule has 6 unspecified atom stereocenters. The first-order chi connectivity index (χ1) is 45.7. The molecule has 98 heavy (non-hydrogen) atoms. The molecule has 4 aromatic carbocycles. The van der Waals surface area contributed by atoms with E-state index in [4.69, 9.17) is 52.1 Å². The topological polar surface area (TPSA) is 391 Å². The zero-order valence-electron chi connectivity index (χ0n) is 57.4. The lowest BCUT2D eigenvalue weighted by Crippen LogP contribution is -2.61. The average molecular weight is 1360 g/mol. The van der Waals surface area contributed by atoms with E-state index in [-0.39, 0.29) is 69.8 Å². The SMILES string of the molecule is CC(=O)Cc1cc2ccc(O[C@@H]3OC(C)(C)C(C)[C@H](O)C3O)c(C)c2oc1=O.CC(=O)Cc1cc2ccc(O[C@@H]3OC(C)(C)C(C)[C@H](O)C3O)cc2oc1=O.CC(C)=CCc1cc(C(=O)Cc2c(O)c3ccc(O[C@@H]4OC(C)(C)C(C)[C@H](OC(N)=O)C4O)c(C)c3oc2=O)ccc1O. The number of carbonyl (C=O) groups is 4. The number of aromatic hydroxyl groups is 2. The zero-order chi connectivity index (χ0) is 72.5. The van der Waals surface area contributed by atoms with Gasteiger partial charge >= 0.3 is 23.0 Å². The van der Waals surface area contributed by atoms with Crippen molar-refractivity contribution < 1.29 is 101 Å². The van der Waals surface area contributed by atoms with Gasteiger partial charge in [-0.15, -0.1) is 0 Å². The van der Waals surface area contributed by atoms with Gasteiger partial charge in [0, 0.05) is 81.7 Å². The van der Waals surface area contributed by atoms with E-state index >= 15 is 0 Å². The summed E-state index contributed by atoms with van der Waals surface area (Å²) >= 11 is 0. The Balaban J connectivity index is 0.000000195. The van der Waals surface area contributed by atoms with Crippen LogP contribution >= 0.6 is 0 Å². The third kappa shape index (κ3) is 16.7. The van der Waals surface area contributed by atoms with Crippen LogP contribution in [0, 0.1) is 31.6 Å². The second-order valence-electron chi connectivity index (χ2n) is 27.2. The normalized spacial score (nSPS) is 24.6. The van der Waals surface area contributed by atoms with Gasteiger partial charge in [-0.2, -0.15) is 0 Å². The Hall–Kier alpha value is -8.79. The number of hydrogen-bond donors (Lipinski definition) is 8. The van der Waals surface area contributed by atoms with Crippen LogP contribution in [-0.2, 0) is 54.2 Å². The van der Waals surface area contributed by atoms with Crippen LogP contribution < -0.4 is 36.8 Å². The number of hydrogen-bond acceptors (Lipinski definition) is 24. The molecule has 3 aliphatic rings. The zero-order valence-corrected chi connectivity index (χ0v) is 57.4. The number of primary amides is 1. The molecule has 6 heterocycles. The average Bonchev–Trinajstić information content (AvgIpc) is 0.776. The summed E-state index contributed by atoms with van der Waals surface area (Å²) in [7, 11) is 0. The van der Waals surface area contributed by atoms with E-state index in [1.807, 2.05) is 47.6 Å². The molecule has 0 bridgehead atoms. The Morgan fingerprint density at radius 3 is 1.58 bits per heavy atom. The summed E-state index contributed by atoms with van der Waals surface area (Å²) < 4.78 is 56.6. The number of phenols is 1. The highest BCUT2D eigenvalue weighted by Gasteiger charge is 2.52. The van der Waals surface area contributed by atoms with Crippen molar-refractivity contribution in [1.29, 1.82) is 0 Å². The minimum Gasteiger partial charge on any atom is -0.508 e. The molecule has 1 amide bonds. The number of aliphatic hydroxyl groups is 5. The number of ether oxygens (including phenoxy) is 7. The maximum Gasteiger partial charge on any atom is 0.404 e. The fourth-order valence-electron chi connectivity index (χ4n) is 11.6. The first-order valence-electron chi connectivity index (χ1n) is 32.0. The van der Waals surface area contributed by atoms with Crippen LogP contribution in [-0.4, -0.2) is 131 Å². The predicted molar refractivity (Wildman–Crippen MR) is 357 cm³/mol.